The average Bonchev–Trinajstić information content (AvgIpc) is 3.08. The Labute approximate surface area is 202 Å². The number of pyridine rings is 1. The van der Waals surface area contributed by atoms with E-state index in [1.54, 1.807) is 6.92 Å². The van der Waals surface area contributed by atoms with Crippen molar-refractivity contribution in [2.24, 2.45) is 5.73 Å². The van der Waals surface area contributed by atoms with Crippen molar-refractivity contribution in [2.75, 3.05) is 19.8 Å². The van der Waals surface area contributed by atoms with Gasteiger partial charge in [0.2, 0.25) is 5.60 Å². The third-order valence-corrected chi connectivity index (χ3v) is 11.6. The Morgan fingerprint density at radius 2 is 1.77 bits per heavy atom. The monoisotopic (exact) mass is 518 g/mol. The van der Waals surface area contributed by atoms with Crippen LogP contribution in [-0.4, -0.2) is 44.3 Å². The molecule has 0 saturated heterocycles. The number of ether oxygens (including phenoxy) is 1. The molecular formula is C24H31F5N2O3Si. The van der Waals surface area contributed by atoms with E-state index in [1.807, 2.05) is 0 Å². The van der Waals surface area contributed by atoms with E-state index in [0.29, 0.717) is 5.56 Å². The molecule has 0 fully saturated rings. The highest BCUT2D eigenvalue weighted by atomic mass is 28.4. The van der Waals surface area contributed by atoms with E-state index in [4.69, 9.17) is 14.9 Å². The van der Waals surface area contributed by atoms with Gasteiger partial charge in [0.05, 0.1) is 11.1 Å². The Bertz CT molecular complexity index is 1120. The first-order valence-corrected chi connectivity index (χ1v) is 14.0. The number of alkyl halides is 3. The smallest absolute Gasteiger partial charge is 0.424 e. The maximum atomic E-state index is 14.0. The summed E-state index contributed by atoms with van der Waals surface area (Å²) < 4.78 is 81.5. The number of nitrogens with zero attached hydrogens (tertiary/aromatic N) is 1. The van der Waals surface area contributed by atoms with Crippen LogP contribution in [0.3, 0.4) is 0 Å². The van der Waals surface area contributed by atoms with E-state index in [1.165, 1.54) is 6.07 Å². The number of nitrogens with two attached hydrogens (primary N) is 1. The van der Waals surface area contributed by atoms with Gasteiger partial charge in [0, 0.05) is 24.3 Å². The Balaban J connectivity index is 2.21. The van der Waals surface area contributed by atoms with Crippen molar-refractivity contribution in [1.82, 2.24) is 4.98 Å². The van der Waals surface area contributed by atoms with Gasteiger partial charge in [-0.3, -0.25) is 0 Å². The Morgan fingerprint density at radius 3 is 2.29 bits per heavy atom. The number of hydrogen-bond donors (Lipinski definition) is 2. The Hall–Kier alpha value is -2.08. The van der Waals surface area contributed by atoms with Gasteiger partial charge in [0.15, 0.2) is 20.0 Å². The van der Waals surface area contributed by atoms with Crippen LogP contribution in [0.4, 0.5) is 22.0 Å². The third kappa shape index (κ3) is 4.83. The number of aromatic nitrogens is 1. The molecule has 11 heteroatoms. The van der Waals surface area contributed by atoms with Gasteiger partial charge >= 0.3 is 6.18 Å². The summed E-state index contributed by atoms with van der Waals surface area (Å²) in [6.07, 6.45) is -5.14. The van der Waals surface area contributed by atoms with Crippen LogP contribution in [0.2, 0.25) is 18.1 Å². The molecule has 1 aromatic carbocycles. The molecule has 1 aliphatic rings. The first kappa shape index (κ1) is 27.5. The highest BCUT2D eigenvalue weighted by Crippen LogP contribution is 2.48. The highest BCUT2D eigenvalue weighted by Gasteiger charge is 2.56. The third-order valence-electron chi connectivity index (χ3n) is 7.10. The van der Waals surface area contributed by atoms with Crippen LogP contribution in [-0.2, 0) is 15.4 Å². The predicted molar refractivity (Wildman–Crippen MR) is 125 cm³/mol. The normalized spacial score (nSPS) is 20.4. The maximum absolute atomic E-state index is 14.0. The van der Waals surface area contributed by atoms with Crippen LogP contribution in [0, 0.1) is 11.6 Å². The summed E-state index contributed by atoms with van der Waals surface area (Å²) in [5, 5.41) is 10.4. The molecule has 2 atom stereocenters. The number of rotatable bonds is 6. The summed E-state index contributed by atoms with van der Waals surface area (Å²) in [6.45, 7) is 11.1. The second kappa shape index (κ2) is 8.79. The van der Waals surface area contributed by atoms with Gasteiger partial charge in [-0.1, -0.05) is 20.8 Å². The number of hydrogen-bond acceptors (Lipinski definition) is 5. The molecule has 0 spiro atoms. The van der Waals surface area contributed by atoms with Crippen LogP contribution >= 0.6 is 0 Å². The van der Waals surface area contributed by atoms with Crippen molar-refractivity contribution in [1.29, 1.82) is 0 Å². The molecule has 0 aliphatic carbocycles. The standard InChI is InChI=1S/C24H31F5N2O3Si/c1-21(2,3)35(5,6)34-13-22(4)12-33-20-15(22)10-18(23(32,11-30)24(27,28)29)31-19(20)14-7-8-16(25)17(26)9-14/h7-10,32H,11-13,30H2,1-6H3/t22-,23+/m1/s1. The zero-order valence-corrected chi connectivity index (χ0v) is 21.6. The quantitative estimate of drug-likeness (QED) is 0.395. The van der Waals surface area contributed by atoms with E-state index in [2.05, 4.69) is 38.8 Å². The zero-order chi connectivity index (χ0) is 26.6. The first-order chi connectivity index (χ1) is 15.9. The fourth-order valence-corrected chi connectivity index (χ4v) is 4.64. The first-order valence-electron chi connectivity index (χ1n) is 11.1. The number of benzene rings is 1. The van der Waals surface area contributed by atoms with Gasteiger partial charge in [0.1, 0.15) is 18.1 Å². The molecule has 2 heterocycles. The molecule has 35 heavy (non-hydrogen) atoms. The van der Waals surface area contributed by atoms with E-state index in [9.17, 15) is 27.1 Å². The molecule has 0 bridgehead atoms. The summed E-state index contributed by atoms with van der Waals surface area (Å²) in [5.74, 6) is -2.19. The molecule has 0 amide bonds. The van der Waals surface area contributed by atoms with Crippen LogP contribution in [0.25, 0.3) is 11.3 Å². The van der Waals surface area contributed by atoms with Crippen LogP contribution < -0.4 is 10.5 Å². The van der Waals surface area contributed by atoms with Gasteiger partial charge < -0.3 is 20.0 Å². The topological polar surface area (TPSA) is 77.6 Å². The van der Waals surface area contributed by atoms with Crippen LogP contribution in [0.1, 0.15) is 39.0 Å². The van der Waals surface area contributed by atoms with Crippen molar-refractivity contribution in [3.63, 3.8) is 0 Å². The summed E-state index contributed by atoms with van der Waals surface area (Å²) in [4.78, 5) is 4.01. The Kier molecular flexibility index (Phi) is 6.91. The molecule has 0 unspecified atom stereocenters. The number of aliphatic hydroxyl groups is 1. The molecule has 1 aromatic heterocycles. The van der Waals surface area contributed by atoms with Gasteiger partial charge in [-0.05, 0) is 49.3 Å². The van der Waals surface area contributed by atoms with Crippen molar-refractivity contribution in [2.45, 2.75) is 63.0 Å². The van der Waals surface area contributed by atoms with Gasteiger partial charge in [-0.2, -0.15) is 13.2 Å². The maximum Gasteiger partial charge on any atom is 0.424 e. The second-order valence-electron chi connectivity index (χ2n) is 10.8. The Morgan fingerprint density at radius 1 is 1.14 bits per heavy atom. The molecule has 194 valence electrons. The van der Waals surface area contributed by atoms with Gasteiger partial charge in [-0.15, -0.1) is 0 Å². The minimum Gasteiger partial charge on any atom is -0.490 e. The summed E-state index contributed by atoms with van der Waals surface area (Å²) >= 11 is 0. The molecule has 5 nitrogen and oxygen atoms in total. The SMILES string of the molecule is CC(C)(C)[Si](C)(C)OC[C@@]1(C)COc2c1cc([C@@](O)(CN)C(F)(F)F)nc2-c1ccc(F)c(F)c1. The lowest BCUT2D eigenvalue weighted by atomic mass is 9.83. The van der Waals surface area contributed by atoms with E-state index in [-0.39, 0.29) is 35.3 Å². The van der Waals surface area contributed by atoms with Crippen LogP contribution in [0.15, 0.2) is 24.3 Å². The molecule has 0 saturated carbocycles. The number of halogens is 5. The molecule has 3 rings (SSSR count). The molecule has 2 aromatic rings. The van der Waals surface area contributed by atoms with Crippen molar-refractivity contribution in [3.05, 3.63) is 47.2 Å². The largest absolute Gasteiger partial charge is 0.490 e. The second-order valence-corrected chi connectivity index (χ2v) is 15.6. The fourth-order valence-electron chi connectivity index (χ4n) is 3.53. The molecule has 3 N–H and O–H groups in total. The van der Waals surface area contributed by atoms with Crippen molar-refractivity contribution >= 4 is 8.32 Å². The minimum atomic E-state index is -5.14. The number of fused-ring (bicyclic) bond motifs is 1. The van der Waals surface area contributed by atoms with Gasteiger partial charge in [0.25, 0.3) is 0 Å². The minimum absolute atomic E-state index is 0.00175. The summed E-state index contributed by atoms with van der Waals surface area (Å²) in [6, 6.07) is 3.98. The lowest BCUT2D eigenvalue weighted by Gasteiger charge is -2.38. The lowest BCUT2D eigenvalue weighted by Crippen LogP contribution is -2.49. The van der Waals surface area contributed by atoms with Crippen molar-refractivity contribution in [3.8, 4) is 17.0 Å². The van der Waals surface area contributed by atoms with Crippen molar-refractivity contribution < 1.29 is 36.2 Å². The summed E-state index contributed by atoms with van der Waals surface area (Å²) in [7, 11) is -2.23. The van der Waals surface area contributed by atoms with Crippen LogP contribution in [0.5, 0.6) is 5.75 Å². The molecule has 1 aliphatic heterocycles. The molecular weight excluding hydrogens is 487 g/mol. The lowest BCUT2D eigenvalue weighted by molar-refractivity contribution is -0.263. The fraction of sp³-hybridized carbons (Fsp3) is 0.542. The predicted octanol–water partition coefficient (Wildman–Crippen LogP) is 5.41. The molecule has 0 radical (unpaired) electrons. The summed E-state index contributed by atoms with van der Waals surface area (Å²) in [5.41, 5.74) is 0.424. The highest BCUT2D eigenvalue weighted by molar-refractivity contribution is 6.74. The average molecular weight is 519 g/mol. The van der Waals surface area contributed by atoms with E-state index in [0.717, 1.165) is 18.2 Å². The van der Waals surface area contributed by atoms with Gasteiger partial charge in [-0.25, -0.2) is 13.8 Å². The van der Waals surface area contributed by atoms with E-state index < -0.39 is 49.4 Å². The van der Waals surface area contributed by atoms with E-state index >= 15 is 0 Å². The zero-order valence-electron chi connectivity index (χ0n) is 20.6.